The highest BCUT2D eigenvalue weighted by atomic mass is 16.3. The minimum Gasteiger partial charge on any atom is -0.393 e. The number of aliphatic hydroxyl groups is 4. The van der Waals surface area contributed by atoms with Crippen LogP contribution in [0.15, 0.2) is 30.3 Å². The predicted molar refractivity (Wildman–Crippen MR) is 156 cm³/mol. The molecule has 5 rings (SSSR count). The first-order valence-corrected chi connectivity index (χ1v) is 15.7. The molecule has 4 saturated carbocycles. The lowest BCUT2D eigenvalue weighted by Gasteiger charge is -2.71. The van der Waals surface area contributed by atoms with Crippen molar-refractivity contribution in [1.82, 2.24) is 5.32 Å². The van der Waals surface area contributed by atoms with Crippen LogP contribution in [0.5, 0.6) is 0 Å². The van der Waals surface area contributed by atoms with Crippen molar-refractivity contribution in [2.45, 2.75) is 123 Å². The summed E-state index contributed by atoms with van der Waals surface area (Å²) in [6, 6.07) is 10.4. The molecule has 0 radical (unpaired) electrons. The number of fused-ring (bicyclic) bond motifs is 5. The van der Waals surface area contributed by atoms with E-state index in [9.17, 15) is 20.4 Å². The molecule has 1 aromatic carbocycles. The molecule has 5 heteroatoms. The van der Waals surface area contributed by atoms with Gasteiger partial charge < -0.3 is 25.7 Å². The molecule has 0 bridgehead atoms. The van der Waals surface area contributed by atoms with Crippen LogP contribution in [0.25, 0.3) is 0 Å². The molecular formula is C34H55NO4. The summed E-state index contributed by atoms with van der Waals surface area (Å²) in [5.74, 6) is 0.772. The molecule has 5 N–H and O–H groups in total. The second kappa shape index (κ2) is 10.1. The summed E-state index contributed by atoms with van der Waals surface area (Å²) < 4.78 is 0. The summed E-state index contributed by atoms with van der Waals surface area (Å²) in [4.78, 5) is 0. The van der Waals surface area contributed by atoms with Gasteiger partial charge in [-0.25, -0.2) is 0 Å². The maximum atomic E-state index is 11.9. The molecule has 0 spiro atoms. The monoisotopic (exact) mass is 541 g/mol. The highest BCUT2D eigenvalue weighted by Crippen LogP contribution is 2.75. The average molecular weight is 542 g/mol. The average Bonchev–Trinajstić information content (AvgIpc) is 3.25. The fourth-order valence-electron chi connectivity index (χ4n) is 11.2. The summed E-state index contributed by atoms with van der Waals surface area (Å²) in [5.41, 5.74) is -0.0513. The van der Waals surface area contributed by atoms with Gasteiger partial charge in [-0.05, 0) is 116 Å². The maximum Gasteiger partial charge on any atom is 0.0852 e. The van der Waals surface area contributed by atoms with Crippen LogP contribution >= 0.6 is 0 Å². The quantitative estimate of drug-likeness (QED) is 0.302. The van der Waals surface area contributed by atoms with Crippen LogP contribution in [0, 0.1) is 45.3 Å². The minimum absolute atomic E-state index is 0.0301. The highest BCUT2D eigenvalue weighted by Gasteiger charge is 2.72. The summed E-state index contributed by atoms with van der Waals surface area (Å²) in [5, 5.41) is 49.2. The molecule has 0 unspecified atom stereocenters. The lowest BCUT2D eigenvalue weighted by atomic mass is 9.35. The zero-order valence-corrected chi connectivity index (χ0v) is 25.3. The van der Waals surface area contributed by atoms with E-state index in [2.05, 4.69) is 64.2 Å². The zero-order valence-electron chi connectivity index (χ0n) is 25.3. The molecule has 1 aromatic rings. The van der Waals surface area contributed by atoms with Crippen LogP contribution < -0.4 is 5.32 Å². The van der Waals surface area contributed by atoms with Gasteiger partial charge in [-0.15, -0.1) is 0 Å². The van der Waals surface area contributed by atoms with Gasteiger partial charge in [-0.1, -0.05) is 65.0 Å². The normalized spacial score (nSPS) is 46.6. The molecule has 0 saturated heterocycles. The fourth-order valence-corrected chi connectivity index (χ4v) is 11.2. The molecule has 11 atom stereocenters. The molecule has 0 amide bonds. The van der Waals surface area contributed by atoms with Gasteiger partial charge >= 0.3 is 0 Å². The molecule has 0 heterocycles. The molecule has 0 aromatic heterocycles. The third-order valence-corrected chi connectivity index (χ3v) is 13.3. The Morgan fingerprint density at radius 3 is 2.26 bits per heavy atom. The van der Waals surface area contributed by atoms with Crippen molar-refractivity contribution in [3.8, 4) is 0 Å². The van der Waals surface area contributed by atoms with Crippen molar-refractivity contribution >= 4 is 0 Å². The van der Waals surface area contributed by atoms with Crippen molar-refractivity contribution in [2.75, 3.05) is 6.54 Å². The van der Waals surface area contributed by atoms with Crippen LogP contribution in [0.4, 0.5) is 0 Å². The largest absolute Gasteiger partial charge is 0.393 e. The Bertz CT molecular complexity index is 1010. The maximum absolute atomic E-state index is 11.9. The van der Waals surface area contributed by atoms with Crippen LogP contribution in [-0.2, 0) is 6.54 Å². The van der Waals surface area contributed by atoms with E-state index in [-0.39, 0.29) is 39.4 Å². The molecular weight excluding hydrogens is 486 g/mol. The first-order valence-electron chi connectivity index (χ1n) is 15.7. The van der Waals surface area contributed by atoms with Crippen molar-refractivity contribution < 1.29 is 20.4 Å². The molecule has 5 nitrogen and oxygen atoms in total. The lowest BCUT2D eigenvalue weighted by molar-refractivity contribution is -0.263. The number of aliphatic hydroxyl groups excluding tert-OH is 3. The van der Waals surface area contributed by atoms with Gasteiger partial charge in [0.25, 0.3) is 0 Å². The second-order valence-electron chi connectivity index (χ2n) is 15.6. The van der Waals surface area contributed by atoms with E-state index < -0.39 is 23.9 Å². The summed E-state index contributed by atoms with van der Waals surface area (Å²) in [7, 11) is 0. The number of hydrogen-bond donors (Lipinski definition) is 5. The molecule has 39 heavy (non-hydrogen) atoms. The Hall–Kier alpha value is -0.980. The van der Waals surface area contributed by atoms with E-state index in [0.717, 1.165) is 58.0 Å². The highest BCUT2D eigenvalue weighted by molar-refractivity contribution is 5.20. The van der Waals surface area contributed by atoms with Gasteiger partial charge in [0, 0.05) is 6.54 Å². The SMILES string of the molecule is CC1(C)[C@@H](O)[C@H](O)C[C@]2(C)[C@H]3C[C@@H](O)[C@@H]4[C@@H]([C@@](C)(O)CCCNCc5ccccc5)CC[C@@]4(C)[C@]3(C)CC[C@@H]12. The Labute approximate surface area is 236 Å². The summed E-state index contributed by atoms with van der Waals surface area (Å²) in [6.45, 7) is 15.2. The standard InChI is InChI=1S/C34H55NO4/c1-30(2)26-14-17-32(4)27(31(26,3)20-25(37)29(30)38)19-24(36)28-23(13-16-33(28,32)5)34(6,39)15-10-18-35-21-22-11-8-7-9-12-22/h7-9,11-12,23-29,35-39H,10,13-21H2,1-6H3/t23-,24+,25+,26-,27+,28-,29-,31-,32+,33+,34-/m0/s1. The van der Waals surface area contributed by atoms with Crippen molar-refractivity contribution in [3.05, 3.63) is 35.9 Å². The number of rotatable bonds is 7. The Morgan fingerprint density at radius 1 is 0.897 bits per heavy atom. The molecule has 220 valence electrons. The van der Waals surface area contributed by atoms with Gasteiger partial charge in [-0.3, -0.25) is 0 Å². The second-order valence-corrected chi connectivity index (χ2v) is 15.6. The van der Waals surface area contributed by atoms with Crippen molar-refractivity contribution in [3.63, 3.8) is 0 Å². The number of nitrogens with one attached hydrogen (secondary N) is 1. The van der Waals surface area contributed by atoms with Crippen LogP contribution in [0.3, 0.4) is 0 Å². The van der Waals surface area contributed by atoms with Gasteiger partial charge in [0.1, 0.15) is 0 Å². The molecule has 4 aliphatic rings. The first kappa shape index (κ1) is 29.5. The fraction of sp³-hybridized carbons (Fsp3) is 0.824. The zero-order chi connectivity index (χ0) is 28.4. The third kappa shape index (κ3) is 4.54. The lowest BCUT2D eigenvalue weighted by Crippen LogP contribution is -2.68. The van der Waals surface area contributed by atoms with Gasteiger partial charge in [0.15, 0.2) is 0 Å². The molecule has 0 aliphatic heterocycles. The molecule has 4 fully saturated rings. The molecule has 4 aliphatic carbocycles. The Balaban J connectivity index is 1.31. The predicted octanol–water partition coefficient (Wildman–Crippen LogP) is 5.30. The third-order valence-electron chi connectivity index (χ3n) is 13.3. The van der Waals surface area contributed by atoms with Crippen LogP contribution in [-0.4, -0.2) is 50.9 Å². The number of hydrogen-bond acceptors (Lipinski definition) is 5. The summed E-state index contributed by atoms with van der Waals surface area (Å²) in [6.07, 6.45) is 5.22. The van der Waals surface area contributed by atoms with E-state index in [1.807, 2.05) is 13.0 Å². The van der Waals surface area contributed by atoms with Crippen LogP contribution in [0.1, 0.15) is 98.5 Å². The van der Waals surface area contributed by atoms with Crippen molar-refractivity contribution in [2.24, 2.45) is 45.3 Å². The Kier molecular flexibility index (Phi) is 7.63. The van der Waals surface area contributed by atoms with Gasteiger partial charge in [0.05, 0.1) is 23.9 Å². The van der Waals surface area contributed by atoms with E-state index in [0.29, 0.717) is 12.3 Å². The Morgan fingerprint density at radius 2 is 1.56 bits per heavy atom. The van der Waals surface area contributed by atoms with Crippen LogP contribution in [0.2, 0.25) is 0 Å². The van der Waals surface area contributed by atoms with E-state index in [1.54, 1.807) is 0 Å². The van der Waals surface area contributed by atoms with E-state index in [1.165, 1.54) is 5.56 Å². The van der Waals surface area contributed by atoms with Gasteiger partial charge in [0.2, 0.25) is 0 Å². The summed E-state index contributed by atoms with van der Waals surface area (Å²) >= 11 is 0. The smallest absolute Gasteiger partial charge is 0.0852 e. The topological polar surface area (TPSA) is 93.0 Å². The van der Waals surface area contributed by atoms with Gasteiger partial charge in [-0.2, -0.15) is 0 Å². The first-order chi connectivity index (χ1) is 18.2. The van der Waals surface area contributed by atoms with E-state index >= 15 is 0 Å². The minimum atomic E-state index is -0.810. The number of benzene rings is 1. The van der Waals surface area contributed by atoms with Crippen molar-refractivity contribution in [1.29, 1.82) is 0 Å². The van der Waals surface area contributed by atoms with E-state index in [4.69, 9.17) is 0 Å².